The Hall–Kier alpha value is -2.87. The topological polar surface area (TPSA) is 115 Å². The number of primary amides is 1. The number of carbonyl (C=O) groups excluding carboxylic acids is 2. The van der Waals surface area contributed by atoms with Crippen molar-refractivity contribution in [3.8, 4) is 0 Å². The minimum atomic E-state index is -0.521. The summed E-state index contributed by atoms with van der Waals surface area (Å²) in [6.07, 6.45) is 0.245. The van der Waals surface area contributed by atoms with Gasteiger partial charge in [-0.3, -0.25) is 19.7 Å². The van der Waals surface area contributed by atoms with Gasteiger partial charge in [-0.1, -0.05) is 12.1 Å². The minimum Gasteiger partial charge on any atom is -0.370 e. The number of anilines is 1. The number of carbonyl (C=O) groups is 2. The number of rotatable bonds is 7. The van der Waals surface area contributed by atoms with E-state index in [-0.39, 0.29) is 23.9 Å². The quantitative estimate of drug-likeness (QED) is 0.455. The smallest absolute Gasteiger partial charge is 0.269 e. The summed E-state index contributed by atoms with van der Waals surface area (Å²) in [5.74, 6) is -0.234. The zero-order valence-electron chi connectivity index (χ0n) is 12.6. The number of hydrogen-bond donors (Lipinski definition) is 2. The van der Waals surface area contributed by atoms with Crippen LogP contribution < -0.4 is 11.1 Å². The van der Waals surface area contributed by atoms with Gasteiger partial charge < -0.3 is 11.1 Å². The first-order valence-electron chi connectivity index (χ1n) is 7.03. The van der Waals surface area contributed by atoms with Gasteiger partial charge in [0, 0.05) is 34.8 Å². The zero-order valence-corrected chi connectivity index (χ0v) is 13.4. The highest BCUT2D eigenvalue weighted by Gasteiger charge is 2.11. The number of nitro groups is 1. The number of benzene rings is 2. The van der Waals surface area contributed by atoms with Gasteiger partial charge in [0.2, 0.25) is 5.91 Å². The molecule has 8 heteroatoms. The number of nitrogens with one attached hydrogen (secondary N) is 1. The molecule has 2 amide bonds. The van der Waals surface area contributed by atoms with E-state index in [0.717, 1.165) is 4.90 Å². The molecule has 0 aromatic heterocycles. The molecule has 0 saturated carbocycles. The highest BCUT2D eigenvalue weighted by Crippen LogP contribution is 2.28. The standard InChI is InChI=1S/C16H15N3O4S/c17-15(20)9-10-24-14-4-2-1-3-13(14)18-16(21)11-5-7-12(8-6-11)19(22)23/h1-8H,9-10H2,(H2,17,20)(H,18,21). The predicted molar refractivity (Wildman–Crippen MR) is 92.0 cm³/mol. The molecule has 0 radical (unpaired) electrons. The molecule has 0 fully saturated rings. The van der Waals surface area contributed by atoms with Crippen molar-refractivity contribution in [2.24, 2.45) is 5.73 Å². The van der Waals surface area contributed by atoms with E-state index in [1.807, 2.05) is 12.1 Å². The van der Waals surface area contributed by atoms with Crippen LogP contribution in [0.4, 0.5) is 11.4 Å². The Labute approximate surface area is 142 Å². The second-order valence-corrected chi connectivity index (χ2v) is 5.96. The van der Waals surface area contributed by atoms with Crippen LogP contribution in [0.3, 0.4) is 0 Å². The molecular formula is C16H15N3O4S. The summed E-state index contributed by atoms with van der Waals surface area (Å²) in [5, 5.41) is 13.4. The van der Waals surface area contributed by atoms with Crippen molar-refractivity contribution >= 4 is 35.0 Å². The Morgan fingerprint density at radius 3 is 2.42 bits per heavy atom. The molecule has 0 aliphatic heterocycles. The van der Waals surface area contributed by atoms with Crippen molar-refractivity contribution < 1.29 is 14.5 Å². The molecular weight excluding hydrogens is 330 g/mol. The summed E-state index contributed by atoms with van der Waals surface area (Å²) >= 11 is 1.41. The molecule has 0 heterocycles. The molecule has 0 saturated heterocycles. The van der Waals surface area contributed by atoms with E-state index in [2.05, 4.69) is 5.32 Å². The maximum absolute atomic E-state index is 12.3. The third-order valence-electron chi connectivity index (χ3n) is 3.08. The summed E-state index contributed by atoms with van der Waals surface area (Å²) in [6.45, 7) is 0. The van der Waals surface area contributed by atoms with E-state index < -0.39 is 4.92 Å². The Morgan fingerprint density at radius 2 is 1.79 bits per heavy atom. The number of para-hydroxylation sites is 1. The van der Waals surface area contributed by atoms with Gasteiger partial charge in [-0.15, -0.1) is 11.8 Å². The van der Waals surface area contributed by atoms with Gasteiger partial charge in [0.25, 0.3) is 11.6 Å². The van der Waals surface area contributed by atoms with Gasteiger partial charge in [0.05, 0.1) is 10.6 Å². The van der Waals surface area contributed by atoms with Crippen LogP contribution in [0.5, 0.6) is 0 Å². The Balaban J connectivity index is 2.08. The van der Waals surface area contributed by atoms with Crippen molar-refractivity contribution in [1.82, 2.24) is 0 Å². The average molecular weight is 345 g/mol. The SMILES string of the molecule is NC(=O)CCSc1ccccc1NC(=O)c1ccc([N+](=O)[O-])cc1. The lowest BCUT2D eigenvalue weighted by Crippen LogP contribution is -2.13. The van der Waals surface area contributed by atoms with Crippen LogP contribution in [-0.4, -0.2) is 22.5 Å². The molecule has 2 rings (SSSR count). The van der Waals surface area contributed by atoms with E-state index in [9.17, 15) is 19.7 Å². The predicted octanol–water partition coefficient (Wildman–Crippen LogP) is 2.81. The van der Waals surface area contributed by atoms with E-state index >= 15 is 0 Å². The van der Waals surface area contributed by atoms with Crippen LogP contribution in [0.15, 0.2) is 53.4 Å². The summed E-state index contributed by atoms with van der Waals surface area (Å²) in [4.78, 5) is 34.0. The fourth-order valence-corrected chi connectivity index (χ4v) is 2.86. The fourth-order valence-electron chi connectivity index (χ4n) is 1.89. The molecule has 24 heavy (non-hydrogen) atoms. The fraction of sp³-hybridized carbons (Fsp3) is 0.125. The Bertz CT molecular complexity index is 762. The summed E-state index contributed by atoms with van der Waals surface area (Å²) in [7, 11) is 0. The number of nitrogens with two attached hydrogens (primary N) is 1. The molecule has 124 valence electrons. The average Bonchev–Trinajstić information content (AvgIpc) is 2.56. The molecule has 0 spiro atoms. The van der Waals surface area contributed by atoms with Gasteiger partial charge in [-0.2, -0.15) is 0 Å². The van der Waals surface area contributed by atoms with Gasteiger partial charge in [0.15, 0.2) is 0 Å². The molecule has 0 aliphatic carbocycles. The van der Waals surface area contributed by atoms with Gasteiger partial charge >= 0.3 is 0 Å². The minimum absolute atomic E-state index is 0.0750. The monoisotopic (exact) mass is 345 g/mol. The highest BCUT2D eigenvalue weighted by molar-refractivity contribution is 7.99. The van der Waals surface area contributed by atoms with E-state index in [1.54, 1.807) is 12.1 Å². The number of thioether (sulfide) groups is 1. The lowest BCUT2D eigenvalue weighted by atomic mass is 10.2. The van der Waals surface area contributed by atoms with Crippen molar-refractivity contribution in [3.63, 3.8) is 0 Å². The molecule has 3 N–H and O–H groups in total. The van der Waals surface area contributed by atoms with Gasteiger partial charge in [0.1, 0.15) is 0 Å². The Kier molecular flexibility index (Phi) is 5.91. The van der Waals surface area contributed by atoms with Gasteiger partial charge in [-0.25, -0.2) is 0 Å². The molecule has 0 aliphatic rings. The second kappa shape index (κ2) is 8.11. The van der Waals surface area contributed by atoms with Crippen molar-refractivity contribution in [1.29, 1.82) is 0 Å². The van der Waals surface area contributed by atoms with Crippen LogP contribution >= 0.6 is 11.8 Å². The summed E-state index contributed by atoms with van der Waals surface area (Å²) < 4.78 is 0. The first kappa shape index (κ1) is 17.5. The molecule has 0 bridgehead atoms. The van der Waals surface area contributed by atoms with Crippen LogP contribution in [0.2, 0.25) is 0 Å². The maximum atomic E-state index is 12.3. The Morgan fingerprint density at radius 1 is 1.12 bits per heavy atom. The molecule has 0 atom stereocenters. The number of nitro benzene ring substituents is 1. The van der Waals surface area contributed by atoms with E-state index in [1.165, 1.54) is 36.0 Å². The summed E-state index contributed by atoms with van der Waals surface area (Å²) in [5.41, 5.74) is 5.96. The van der Waals surface area contributed by atoms with Crippen LogP contribution in [0.1, 0.15) is 16.8 Å². The lowest BCUT2D eigenvalue weighted by molar-refractivity contribution is -0.384. The van der Waals surface area contributed by atoms with Crippen molar-refractivity contribution in [2.75, 3.05) is 11.1 Å². The largest absolute Gasteiger partial charge is 0.370 e. The summed E-state index contributed by atoms with van der Waals surface area (Å²) in [6, 6.07) is 12.5. The van der Waals surface area contributed by atoms with Crippen molar-refractivity contribution in [2.45, 2.75) is 11.3 Å². The van der Waals surface area contributed by atoms with Gasteiger partial charge in [-0.05, 0) is 24.3 Å². The highest BCUT2D eigenvalue weighted by atomic mass is 32.2. The third kappa shape index (κ3) is 4.82. The third-order valence-corrected chi connectivity index (χ3v) is 4.16. The normalized spacial score (nSPS) is 10.2. The van der Waals surface area contributed by atoms with E-state index in [4.69, 9.17) is 5.73 Å². The molecule has 2 aromatic rings. The first-order valence-corrected chi connectivity index (χ1v) is 8.02. The first-order chi connectivity index (χ1) is 11.5. The lowest BCUT2D eigenvalue weighted by Gasteiger charge is -2.10. The van der Waals surface area contributed by atoms with Crippen LogP contribution in [0, 0.1) is 10.1 Å². The van der Waals surface area contributed by atoms with Crippen LogP contribution in [0.25, 0.3) is 0 Å². The number of amides is 2. The number of nitrogens with zero attached hydrogens (tertiary/aromatic N) is 1. The molecule has 2 aromatic carbocycles. The van der Waals surface area contributed by atoms with Crippen LogP contribution in [-0.2, 0) is 4.79 Å². The molecule has 7 nitrogen and oxygen atoms in total. The number of non-ortho nitro benzene ring substituents is 1. The maximum Gasteiger partial charge on any atom is 0.269 e. The zero-order chi connectivity index (χ0) is 17.5. The second-order valence-electron chi connectivity index (χ2n) is 4.82. The van der Waals surface area contributed by atoms with Crippen molar-refractivity contribution in [3.05, 3.63) is 64.2 Å². The molecule has 0 unspecified atom stereocenters. The van der Waals surface area contributed by atoms with E-state index in [0.29, 0.717) is 17.0 Å². The number of hydrogen-bond acceptors (Lipinski definition) is 5.